The lowest BCUT2D eigenvalue weighted by Gasteiger charge is -2.36. The molecule has 6 nitrogen and oxygen atoms in total. The van der Waals surface area contributed by atoms with E-state index in [0.717, 1.165) is 13.1 Å². The van der Waals surface area contributed by atoms with Gasteiger partial charge in [-0.2, -0.15) is 0 Å². The average Bonchev–Trinajstić information content (AvgIpc) is 2.72. The van der Waals surface area contributed by atoms with Gasteiger partial charge in [0.15, 0.2) is 0 Å². The first-order valence-corrected chi connectivity index (χ1v) is 9.89. The molecule has 0 atom stereocenters. The van der Waals surface area contributed by atoms with E-state index < -0.39 is 11.8 Å². The van der Waals surface area contributed by atoms with E-state index in [1.807, 2.05) is 11.0 Å². The molecule has 1 heterocycles. The fourth-order valence-electron chi connectivity index (χ4n) is 3.25. The maximum Gasteiger partial charge on any atom is 0.313 e. The van der Waals surface area contributed by atoms with Crippen molar-refractivity contribution in [1.29, 1.82) is 0 Å². The van der Waals surface area contributed by atoms with Crippen LogP contribution in [0.5, 0.6) is 0 Å². The first kappa shape index (κ1) is 21.1. The summed E-state index contributed by atoms with van der Waals surface area (Å²) in [5.74, 6) is -1.62. The van der Waals surface area contributed by atoms with Crippen LogP contribution in [0.4, 0.5) is 15.8 Å². The Kier molecular flexibility index (Phi) is 7.06. The minimum atomic E-state index is -0.722. The molecule has 1 fully saturated rings. The van der Waals surface area contributed by atoms with E-state index >= 15 is 0 Å². The third-order valence-corrected chi connectivity index (χ3v) is 5.41. The van der Waals surface area contributed by atoms with E-state index in [4.69, 9.17) is 11.6 Å². The van der Waals surface area contributed by atoms with Gasteiger partial charge in [-0.05, 0) is 36.8 Å². The average molecular weight is 419 g/mol. The van der Waals surface area contributed by atoms with Crippen molar-refractivity contribution in [2.24, 2.45) is 0 Å². The summed E-state index contributed by atoms with van der Waals surface area (Å²) < 4.78 is 13.9. The fraction of sp³-hybridized carbons (Fsp3) is 0.333. The molecule has 0 aliphatic carbocycles. The number of anilines is 2. The lowest BCUT2D eigenvalue weighted by Crippen LogP contribution is -2.49. The van der Waals surface area contributed by atoms with E-state index in [1.165, 1.54) is 6.07 Å². The fourth-order valence-corrected chi connectivity index (χ4v) is 3.42. The summed E-state index contributed by atoms with van der Waals surface area (Å²) in [4.78, 5) is 28.3. The quantitative estimate of drug-likeness (QED) is 0.733. The Balaban J connectivity index is 1.40. The van der Waals surface area contributed by atoms with E-state index in [0.29, 0.717) is 48.1 Å². The molecule has 1 aliphatic heterocycles. The van der Waals surface area contributed by atoms with Gasteiger partial charge in [-0.3, -0.25) is 14.5 Å². The number of halogens is 2. The highest BCUT2D eigenvalue weighted by Gasteiger charge is 2.20. The number of nitrogens with one attached hydrogen (secondary N) is 2. The van der Waals surface area contributed by atoms with Crippen LogP contribution in [0.1, 0.15) is 5.56 Å². The predicted molar refractivity (Wildman–Crippen MR) is 113 cm³/mol. The zero-order chi connectivity index (χ0) is 20.8. The number of benzene rings is 2. The van der Waals surface area contributed by atoms with Crippen LogP contribution in [0.2, 0.25) is 5.02 Å². The molecular formula is C21H24ClFN4O2. The third-order valence-electron chi connectivity index (χ3n) is 5.00. The number of rotatable bonds is 5. The van der Waals surface area contributed by atoms with Crippen LogP contribution in [-0.2, 0) is 9.59 Å². The molecule has 8 heteroatoms. The summed E-state index contributed by atoms with van der Waals surface area (Å²) in [6.45, 7) is 5.71. The topological polar surface area (TPSA) is 64.7 Å². The van der Waals surface area contributed by atoms with Crippen molar-refractivity contribution in [3.63, 3.8) is 0 Å². The van der Waals surface area contributed by atoms with Crippen molar-refractivity contribution >= 4 is 34.8 Å². The van der Waals surface area contributed by atoms with Gasteiger partial charge >= 0.3 is 11.8 Å². The molecule has 0 saturated carbocycles. The van der Waals surface area contributed by atoms with Gasteiger partial charge in [0, 0.05) is 50.0 Å². The number of nitrogens with zero attached hydrogens (tertiary/aromatic N) is 2. The van der Waals surface area contributed by atoms with Gasteiger partial charge in [-0.25, -0.2) is 4.39 Å². The molecule has 2 amide bonds. The van der Waals surface area contributed by atoms with Crippen molar-refractivity contribution in [2.75, 3.05) is 49.5 Å². The molecule has 0 unspecified atom stereocenters. The highest BCUT2D eigenvalue weighted by atomic mass is 35.5. The van der Waals surface area contributed by atoms with Gasteiger partial charge in [0.25, 0.3) is 0 Å². The van der Waals surface area contributed by atoms with Crippen molar-refractivity contribution < 1.29 is 14.0 Å². The number of carbonyl (C=O) groups excluding carboxylic acids is 2. The molecule has 154 valence electrons. The second-order valence-corrected chi connectivity index (χ2v) is 7.31. The van der Waals surface area contributed by atoms with Crippen LogP contribution >= 0.6 is 11.6 Å². The maximum atomic E-state index is 13.9. The SMILES string of the molecule is Cc1c(Cl)cccc1NC(=O)C(=O)NCCN1CCN(c2ccccc2F)CC1. The van der Waals surface area contributed by atoms with Gasteiger partial charge in [0.2, 0.25) is 0 Å². The van der Waals surface area contributed by atoms with Crippen LogP contribution < -0.4 is 15.5 Å². The maximum absolute atomic E-state index is 13.9. The zero-order valence-corrected chi connectivity index (χ0v) is 17.0. The minimum absolute atomic E-state index is 0.214. The Labute approximate surface area is 174 Å². The number of piperazine rings is 1. The van der Waals surface area contributed by atoms with Gasteiger partial charge in [0.1, 0.15) is 5.82 Å². The number of hydrogen-bond acceptors (Lipinski definition) is 4. The van der Waals surface area contributed by atoms with Crippen LogP contribution in [0.3, 0.4) is 0 Å². The third kappa shape index (κ3) is 5.46. The van der Waals surface area contributed by atoms with Gasteiger partial charge in [-0.15, -0.1) is 0 Å². The molecule has 0 radical (unpaired) electrons. The Morgan fingerprint density at radius 2 is 1.76 bits per heavy atom. The minimum Gasteiger partial charge on any atom is -0.367 e. The Morgan fingerprint density at radius 3 is 2.48 bits per heavy atom. The highest BCUT2D eigenvalue weighted by molar-refractivity contribution is 6.40. The summed E-state index contributed by atoms with van der Waals surface area (Å²) in [6, 6.07) is 11.9. The molecule has 1 aliphatic rings. The number of amides is 2. The van der Waals surface area contributed by atoms with Crippen LogP contribution in [0.15, 0.2) is 42.5 Å². The highest BCUT2D eigenvalue weighted by Crippen LogP contribution is 2.23. The van der Waals surface area contributed by atoms with Gasteiger partial charge in [0.05, 0.1) is 5.69 Å². The first-order chi connectivity index (χ1) is 14.0. The van der Waals surface area contributed by atoms with Gasteiger partial charge < -0.3 is 15.5 Å². The summed E-state index contributed by atoms with van der Waals surface area (Å²) in [5, 5.41) is 5.74. The van der Waals surface area contributed by atoms with Crippen LogP contribution in [0.25, 0.3) is 0 Å². The molecule has 3 rings (SSSR count). The molecule has 2 aromatic rings. The molecule has 1 saturated heterocycles. The van der Waals surface area contributed by atoms with Gasteiger partial charge in [-0.1, -0.05) is 29.8 Å². The van der Waals surface area contributed by atoms with Crippen molar-refractivity contribution in [2.45, 2.75) is 6.92 Å². The molecular weight excluding hydrogens is 395 g/mol. The first-order valence-electron chi connectivity index (χ1n) is 9.52. The summed E-state index contributed by atoms with van der Waals surface area (Å²) in [5.41, 5.74) is 1.85. The smallest absolute Gasteiger partial charge is 0.313 e. The normalized spacial score (nSPS) is 14.5. The van der Waals surface area contributed by atoms with E-state index in [2.05, 4.69) is 15.5 Å². The summed E-state index contributed by atoms with van der Waals surface area (Å²) >= 11 is 6.02. The molecule has 0 aromatic heterocycles. The second kappa shape index (κ2) is 9.71. The summed E-state index contributed by atoms with van der Waals surface area (Å²) in [6.07, 6.45) is 0. The van der Waals surface area contributed by atoms with E-state index in [1.54, 1.807) is 37.3 Å². The Morgan fingerprint density at radius 1 is 1.03 bits per heavy atom. The van der Waals surface area contributed by atoms with Crippen LogP contribution in [-0.4, -0.2) is 56.0 Å². The van der Waals surface area contributed by atoms with Crippen molar-refractivity contribution in [3.8, 4) is 0 Å². The monoisotopic (exact) mass is 418 g/mol. The number of carbonyl (C=O) groups is 2. The van der Waals surface area contributed by atoms with Crippen molar-refractivity contribution in [3.05, 3.63) is 58.9 Å². The van der Waals surface area contributed by atoms with Crippen LogP contribution in [0, 0.1) is 12.7 Å². The van der Waals surface area contributed by atoms with E-state index in [-0.39, 0.29) is 5.82 Å². The molecule has 0 bridgehead atoms. The standard InChI is InChI=1S/C21H24ClFN4O2/c1-15-16(22)5-4-7-18(15)25-21(29)20(28)24-9-10-26-11-13-27(14-12-26)19-8-3-2-6-17(19)23/h2-8H,9-14H2,1H3,(H,24,28)(H,25,29). The summed E-state index contributed by atoms with van der Waals surface area (Å²) in [7, 11) is 0. The Hall–Kier alpha value is -2.64. The molecule has 2 aromatic carbocycles. The van der Waals surface area contributed by atoms with Crippen molar-refractivity contribution in [1.82, 2.24) is 10.2 Å². The number of para-hydroxylation sites is 1. The molecule has 2 N–H and O–H groups in total. The predicted octanol–water partition coefficient (Wildman–Crippen LogP) is 2.66. The number of hydrogen-bond donors (Lipinski definition) is 2. The molecule has 0 spiro atoms. The zero-order valence-electron chi connectivity index (χ0n) is 16.3. The lowest BCUT2D eigenvalue weighted by molar-refractivity contribution is -0.136. The molecule has 29 heavy (non-hydrogen) atoms. The largest absolute Gasteiger partial charge is 0.367 e. The second-order valence-electron chi connectivity index (χ2n) is 6.90. The lowest BCUT2D eigenvalue weighted by atomic mass is 10.2. The van der Waals surface area contributed by atoms with E-state index in [9.17, 15) is 14.0 Å². The Bertz CT molecular complexity index is 885.